The lowest BCUT2D eigenvalue weighted by Crippen LogP contribution is -2.40. The van der Waals surface area contributed by atoms with Crippen LogP contribution in [0.4, 0.5) is 0 Å². The van der Waals surface area contributed by atoms with Crippen molar-refractivity contribution >= 4 is 16.0 Å². The van der Waals surface area contributed by atoms with Crippen LogP contribution in [0.1, 0.15) is 27.0 Å². The number of carbonyl (C=O) groups is 1. The van der Waals surface area contributed by atoms with Gasteiger partial charge in [0.05, 0.1) is 23.7 Å². The molecule has 0 radical (unpaired) electrons. The maximum absolute atomic E-state index is 12.7. The average Bonchev–Trinajstić information content (AvgIpc) is 2.66. The summed E-state index contributed by atoms with van der Waals surface area (Å²) in [5.74, 6) is -0.428. The van der Waals surface area contributed by atoms with E-state index in [1.165, 1.54) is 4.31 Å². The first kappa shape index (κ1) is 19.5. The van der Waals surface area contributed by atoms with E-state index in [0.717, 1.165) is 11.1 Å². The first-order valence-electron chi connectivity index (χ1n) is 8.78. The Morgan fingerprint density at radius 3 is 2.41 bits per heavy atom. The molecule has 1 saturated heterocycles. The lowest BCUT2D eigenvalue weighted by Gasteiger charge is -2.26. The van der Waals surface area contributed by atoms with Crippen LogP contribution < -0.4 is 0 Å². The van der Waals surface area contributed by atoms with Gasteiger partial charge < -0.3 is 9.47 Å². The summed E-state index contributed by atoms with van der Waals surface area (Å²) >= 11 is 0. The van der Waals surface area contributed by atoms with Crippen molar-refractivity contribution in [3.63, 3.8) is 0 Å². The second-order valence-electron chi connectivity index (χ2n) is 6.62. The van der Waals surface area contributed by atoms with Gasteiger partial charge in [-0.15, -0.1) is 0 Å². The number of hydrogen-bond donors (Lipinski definition) is 0. The van der Waals surface area contributed by atoms with E-state index in [-0.39, 0.29) is 11.5 Å². The molecule has 0 bridgehead atoms. The van der Waals surface area contributed by atoms with E-state index in [4.69, 9.17) is 9.47 Å². The van der Waals surface area contributed by atoms with Crippen molar-refractivity contribution in [3.8, 4) is 0 Å². The quantitative estimate of drug-likeness (QED) is 0.735. The lowest BCUT2D eigenvalue weighted by atomic mass is 10.1. The van der Waals surface area contributed by atoms with E-state index in [1.807, 2.05) is 19.9 Å². The van der Waals surface area contributed by atoms with Gasteiger partial charge in [0.2, 0.25) is 10.0 Å². The zero-order chi connectivity index (χ0) is 19.4. The minimum absolute atomic E-state index is 0.0122. The number of sulfonamides is 1. The van der Waals surface area contributed by atoms with Crippen molar-refractivity contribution in [1.82, 2.24) is 4.31 Å². The Balaban J connectivity index is 1.71. The van der Waals surface area contributed by atoms with E-state index in [1.54, 1.807) is 36.4 Å². The van der Waals surface area contributed by atoms with Crippen molar-refractivity contribution in [2.75, 3.05) is 26.3 Å². The molecule has 0 atom stereocenters. The summed E-state index contributed by atoms with van der Waals surface area (Å²) < 4.78 is 37.5. The van der Waals surface area contributed by atoms with Gasteiger partial charge in [0, 0.05) is 13.1 Å². The van der Waals surface area contributed by atoms with E-state index >= 15 is 0 Å². The fourth-order valence-electron chi connectivity index (χ4n) is 3.06. The summed E-state index contributed by atoms with van der Waals surface area (Å²) in [4.78, 5) is 12.5. The van der Waals surface area contributed by atoms with E-state index in [9.17, 15) is 13.2 Å². The number of ether oxygens (including phenoxy) is 2. The predicted molar refractivity (Wildman–Crippen MR) is 101 cm³/mol. The van der Waals surface area contributed by atoms with Crippen LogP contribution in [-0.4, -0.2) is 45.0 Å². The minimum atomic E-state index is -3.57. The third-order valence-corrected chi connectivity index (χ3v) is 6.23. The molecule has 1 aliphatic rings. The number of carbonyl (C=O) groups excluding carboxylic acids is 1. The Labute approximate surface area is 159 Å². The standard InChI is InChI=1S/C20H23NO5S/c1-15-10-16(2)12-18(11-15)20(22)26-14-17-4-3-5-19(13-17)27(23,24)21-6-8-25-9-7-21/h3-5,10-13H,6-9,14H2,1-2H3. The van der Waals surface area contributed by atoms with Crippen LogP contribution in [-0.2, 0) is 26.1 Å². The zero-order valence-corrected chi connectivity index (χ0v) is 16.3. The topological polar surface area (TPSA) is 72.9 Å². The van der Waals surface area contributed by atoms with Gasteiger partial charge in [-0.1, -0.05) is 29.3 Å². The molecule has 0 aromatic heterocycles. The third-order valence-electron chi connectivity index (χ3n) is 4.33. The molecule has 27 heavy (non-hydrogen) atoms. The fraction of sp³-hybridized carbons (Fsp3) is 0.350. The number of aryl methyl sites for hydroxylation is 2. The first-order valence-corrected chi connectivity index (χ1v) is 10.2. The van der Waals surface area contributed by atoms with Gasteiger partial charge >= 0.3 is 5.97 Å². The molecular formula is C20H23NO5S. The molecule has 1 fully saturated rings. The first-order chi connectivity index (χ1) is 12.9. The van der Waals surface area contributed by atoms with E-state index < -0.39 is 16.0 Å². The van der Waals surface area contributed by atoms with Crippen molar-refractivity contribution in [3.05, 3.63) is 64.7 Å². The van der Waals surface area contributed by atoms with Crippen LogP contribution in [0.25, 0.3) is 0 Å². The van der Waals surface area contributed by atoms with Crippen molar-refractivity contribution in [1.29, 1.82) is 0 Å². The van der Waals surface area contributed by atoms with Crippen LogP contribution in [0.5, 0.6) is 0 Å². The van der Waals surface area contributed by atoms with Gasteiger partial charge in [0.25, 0.3) is 0 Å². The molecule has 7 heteroatoms. The Bertz CT molecular complexity index is 913. The van der Waals surface area contributed by atoms with Gasteiger partial charge in [-0.2, -0.15) is 4.31 Å². The number of morpholine rings is 1. The molecular weight excluding hydrogens is 366 g/mol. The highest BCUT2D eigenvalue weighted by Crippen LogP contribution is 2.19. The summed E-state index contributed by atoms with van der Waals surface area (Å²) in [6, 6.07) is 12.0. The fourth-order valence-corrected chi connectivity index (χ4v) is 4.54. The molecule has 144 valence electrons. The van der Waals surface area contributed by atoms with E-state index in [0.29, 0.717) is 37.4 Å². The third kappa shape index (κ3) is 4.74. The van der Waals surface area contributed by atoms with Crippen LogP contribution in [0.2, 0.25) is 0 Å². The molecule has 1 aliphatic heterocycles. The van der Waals surface area contributed by atoms with Crippen LogP contribution in [0.15, 0.2) is 47.4 Å². The predicted octanol–water partition coefficient (Wildman–Crippen LogP) is 2.68. The highest BCUT2D eigenvalue weighted by Gasteiger charge is 2.26. The molecule has 0 saturated carbocycles. The van der Waals surface area contributed by atoms with Crippen LogP contribution in [0.3, 0.4) is 0 Å². The number of hydrogen-bond acceptors (Lipinski definition) is 5. The van der Waals surface area contributed by atoms with Crippen molar-refractivity contribution in [2.45, 2.75) is 25.3 Å². The second kappa shape index (κ2) is 8.21. The summed E-state index contributed by atoms with van der Waals surface area (Å²) in [6.07, 6.45) is 0. The molecule has 6 nitrogen and oxygen atoms in total. The maximum Gasteiger partial charge on any atom is 0.338 e. The van der Waals surface area contributed by atoms with E-state index in [2.05, 4.69) is 0 Å². The summed E-state index contributed by atoms with van der Waals surface area (Å²) in [7, 11) is -3.57. The Hall–Kier alpha value is -2.22. The Kier molecular flexibility index (Phi) is 5.94. The Morgan fingerprint density at radius 2 is 1.74 bits per heavy atom. The molecule has 3 rings (SSSR count). The van der Waals surface area contributed by atoms with Crippen molar-refractivity contribution < 1.29 is 22.7 Å². The van der Waals surface area contributed by atoms with Gasteiger partial charge in [-0.25, -0.2) is 13.2 Å². The maximum atomic E-state index is 12.7. The molecule has 2 aromatic carbocycles. The average molecular weight is 389 g/mol. The largest absolute Gasteiger partial charge is 0.457 e. The SMILES string of the molecule is Cc1cc(C)cc(C(=O)OCc2cccc(S(=O)(=O)N3CCOCC3)c2)c1. The lowest BCUT2D eigenvalue weighted by molar-refractivity contribution is 0.0472. The normalized spacial score (nSPS) is 15.5. The van der Waals surface area contributed by atoms with Gasteiger partial charge in [0.1, 0.15) is 6.61 Å². The van der Waals surface area contributed by atoms with Gasteiger partial charge in [0.15, 0.2) is 0 Å². The number of rotatable bonds is 5. The van der Waals surface area contributed by atoms with Gasteiger partial charge in [-0.05, 0) is 43.7 Å². The molecule has 1 heterocycles. The second-order valence-corrected chi connectivity index (χ2v) is 8.55. The molecule has 0 spiro atoms. The van der Waals surface area contributed by atoms with Crippen LogP contribution >= 0.6 is 0 Å². The number of esters is 1. The van der Waals surface area contributed by atoms with Crippen LogP contribution in [0, 0.1) is 13.8 Å². The molecule has 0 N–H and O–H groups in total. The monoisotopic (exact) mass is 389 g/mol. The molecule has 0 aliphatic carbocycles. The number of benzene rings is 2. The zero-order valence-electron chi connectivity index (χ0n) is 15.5. The number of nitrogens with zero attached hydrogens (tertiary/aromatic N) is 1. The molecule has 0 unspecified atom stereocenters. The molecule has 0 amide bonds. The summed E-state index contributed by atoms with van der Waals surface area (Å²) in [5.41, 5.74) is 3.09. The smallest absolute Gasteiger partial charge is 0.338 e. The van der Waals surface area contributed by atoms with Gasteiger partial charge in [-0.3, -0.25) is 0 Å². The summed E-state index contributed by atoms with van der Waals surface area (Å²) in [6.45, 7) is 5.33. The minimum Gasteiger partial charge on any atom is -0.457 e. The van der Waals surface area contributed by atoms with Crippen molar-refractivity contribution in [2.24, 2.45) is 0 Å². The highest BCUT2D eigenvalue weighted by atomic mass is 32.2. The molecule has 2 aromatic rings. The Morgan fingerprint density at radius 1 is 1.07 bits per heavy atom. The highest BCUT2D eigenvalue weighted by molar-refractivity contribution is 7.89. The summed E-state index contributed by atoms with van der Waals surface area (Å²) in [5, 5.41) is 0.